The third-order valence-corrected chi connectivity index (χ3v) is 3.22. The van der Waals surface area contributed by atoms with Crippen molar-refractivity contribution in [1.29, 1.82) is 0 Å². The third-order valence-electron chi connectivity index (χ3n) is 3.22. The van der Waals surface area contributed by atoms with Crippen LogP contribution in [-0.4, -0.2) is 26.2 Å². The van der Waals surface area contributed by atoms with Gasteiger partial charge in [0.1, 0.15) is 5.52 Å². The van der Waals surface area contributed by atoms with Gasteiger partial charge in [0.2, 0.25) is 11.9 Å². The van der Waals surface area contributed by atoms with Crippen LogP contribution in [0.1, 0.15) is 41.0 Å². The number of halogens is 2. The number of amides is 1. The molecule has 0 unspecified atom stereocenters. The number of carbonyl (C=O) groups excluding carboxylic acids is 1. The third kappa shape index (κ3) is 3.67. The topological polar surface area (TPSA) is 67.2 Å². The summed E-state index contributed by atoms with van der Waals surface area (Å²) in [5.41, 5.74) is -1.57. The summed E-state index contributed by atoms with van der Waals surface area (Å²) in [6, 6.07) is 2.36. The fourth-order valence-corrected chi connectivity index (χ4v) is 2.40. The van der Waals surface area contributed by atoms with E-state index in [-0.39, 0.29) is 23.4 Å². The van der Waals surface area contributed by atoms with Crippen LogP contribution in [0.25, 0.3) is 11.0 Å². The Hall–Kier alpha value is -2.02. The van der Waals surface area contributed by atoms with Crippen molar-refractivity contribution in [2.24, 2.45) is 0 Å². The maximum Gasteiger partial charge on any atom is 0.229 e. The van der Waals surface area contributed by atoms with Crippen molar-refractivity contribution in [2.45, 2.75) is 52.2 Å². The van der Waals surface area contributed by atoms with E-state index in [9.17, 15) is 18.7 Å². The quantitative estimate of drug-likeness (QED) is 0.911. The van der Waals surface area contributed by atoms with Gasteiger partial charge in [-0.1, -0.05) is 0 Å². The monoisotopic (exact) mass is 325 g/mol. The molecule has 0 atom stereocenters. The standard InChI is InChI=1S/C16H21F2N3O2/c1-15(2,3)21-13-10(7-6-9(17)12(13)18)19-14(21)20-11(22)8-16(4,5)23/h6-7,23H,8H2,1-5H3,(H,19,20,22). The molecule has 0 spiro atoms. The smallest absolute Gasteiger partial charge is 0.229 e. The molecule has 0 bridgehead atoms. The summed E-state index contributed by atoms with van der Waals surface area (Å²) in [4.78, 5) is 16.2. The van der Waals surface area contributed by atoms with Gasteiger partial charge in [-0.25, -0.2) is 13.8 Å². The molecule has 0 saturated heterocycles. The van der Waals surface area contributed by atoms with E-state index in [0.717, 1.165) is 6.07 Å². The fraction of sp³-hybridized carbons (Fsp3) is 0.500. The van der Waals surface area contributed by atoms with Gasteiger partial charge in [-0.3, -0.25) is 10.1 Å². The summed E-state index contributed by atoms with van der Waals surface area (Å²) in [5, 5.41) is 12.3. The Balaban J connectivity index is 2.56. The molecule has 23 heavy (non-hydrogen) atoms. The number of anilines is 1. The first-order chi connectivity index (χ1) is 10.4. The van der Waals surface area contributed by atoms with E-state index in [1.807, 2.05) is 0 Å². The van der Waals surface area contributed by atoms with Gasteiger partial charge in [0.15, 0.2) is 11.6 Å². The molecule has 0 aliphatic rings. The average Bonchev–Trinajstić information content (AvgIpc) is 2.70. The second kappa shape index (κ2) is 5.56. The molecule has 0 aliphatic carbocycles. The van der Waals surface area contributed by atoms with E-state index >= 15 is 0 Å². The molecule has 0 saturated carbocycles. The van der Waals surface area contributed by atoms with E-state index < -0.39 is 28.7 Å². The zero-order chi connectivity index (χ0) is 17.6. The molecular formula is C16H21F2N3O2. The lowest BCUT2D eigenvalue weighted by molar-refractivity contribution is -0.119. The number of hydrogen-bond donors (Lipinski definition) is 2. The highest BCUT2D eigenvalue weighted by atomic mass is 19.2. The minimum Gasteiger partial charge on any atom is -0.390 e. The van der Waals surface area contributed by atoms with E-state index in [2.05, 4.69) is 10.3 Å². The van der Waals surface area contributed by atoms with Gasteiger partial charge < -0.3 is 9.67 Å². The molecule has 0 aliphatic heterocycles. The second-order valence-corrected chi connectivity index (χ2v) is 7.21. The first kappa shape index (κ1) is 17.3. The zero-order valence-corrected chi connectivity index (χ0v) is 13.9. The van der Waals surface area contributed by atoms with Crippen LogP contribution in [0.3, 0.4) is 0 Å². The fourth-order valence-electron chi connectivity index (χ4n) is 2.40. The summed E-state index contributed by atoms with van der Waals surface area (Å²) in [7, 11) is 0. The van der Waals surface area contributed by atoms with Crippen LogP contribution in [0.15, 0.2) is 12.1 Å². The first-order valence-corrected chi connectivity index (χ1v) is 7.29. The zero-order valence-electron chi connectivity index (χ0n) is 13.9. The second-order valence-electron chi connectivity index (χ2n) is 7.21. The van der Waals surface area contributed by atoms with E-state index in [4.69, 9.17) is 0 Å². The molecule has 7 heteroatoms. The number of hydrogen-bond acceptors (Lipinski definition) is 3. The maximum atomic E-state index is 14.2. The van der Waals surface area contributed by atoms with Crippen LogP contribution in [0, 0.1) is 11.6 Å². The van der Waals surface area contributed by atoms with Gasteiger partial charge in [-0.05, 0) is 46.8 Å². The number of aromatic nitrogens is 2. The van der Waals surface area contributed by atoms with Gasteiger partial charge in [0.05, 0.1) is 17.5 Å². The molecule has 126 valence electrons. The van der Waals surface area contributed by atoms with Crippen LogP contribution in [0.4, 0.5) is 14.7 Å². The van der Waals surface area contributed by atoms with Crippen LogP contribution in [-0.2, 0) is 10.3 Å². The van der Waals surface area contributed by atoms with Crippen molar-refractivity contribution in [3.05, 3.63) is 23.8 Å². The Labute approximate surface area is 133 Å². The predicted octanol–water partition coefficient (Wildman–Crippen LogP) is 3.17. The molecule has 0 fully saturated rings. The number of nitrogens with one attached hydrogen (secondary N) is 1. The maximum absolute atomic E-state index is 14.2. The summed E-state index contributed by atoms with van der Waals surface area (Å²) in [5.74, 6) is -2.32. The minimum atomic E-state index is -1.18. The number of imidazole rings is 1. The molecular weight excluding hydrogens is 304 g/mol. The molecule has 1 aromatic carbocycles. The highest BCUT2D eigenvalue weighted by Gasteiger charge is 2.27. The molecule has 2 N–H and O–H groups in total. The summed E-state index contributed by atoms with van der Waals surface area (Å²) in [6.45, 7) is 8.40. The lowest BCUT2D eigenvalue weighted by Gasteiger charge is -2.25. The van der Waals surface area contributed by atoms with E-state index in [0.29, 0.717) is 0 Å². The van der Waals surface area contributed by atoms with Gasteiger partial charge in [-0.2, -0.15) is 0 Å². The predicted molar refractivity (Wildman–Crippen MR) is 84.2 cm³/mol. The van der Waals surface area contributed by atoms with Crippen LogP contribution >= 0.6 is 0 Å². The van der Waals surface area contributed by atoms with Gasteiger partial charge in [0.25, 0.3) is 0 Å². The highest BCUT2D eigenvalue weighted by molar-refractivity contribution is 5.92. The number of carbonyl (C=O) groups is 1. The molecule has 2 rings (SSSR count). The van der Waals surface area contributed by atoms with Crippen molar-refractivity contribution < 1.29 is 18.7 Å². The highest BCUT2D eigenvalue weighted by Crippen LogP contribution is 2.31. The Bertz CT molecular complexity index is 755. The van der Waals surface area contributed by atoms with Gasteiger partial charge in [0, 0.05) is 5.54 Å². The summed E-state index contributed by atoms with van der Waals surface area (Å²) >= 11 is 0. The number of aliphatic hydroxyl groups is 1. The van der Waals surface area contributed by atoms with Crippen molar-refractivity contribution in [1.82, 2.24) is 9.55 Å². The van der Waals surface area contributed by atoms with Crippen LogP contribution in [0.2, 0.25) is 0 Å². The minimum absolute atomic E-state index is 0.00365. The number of fused-ring (bicyclic) bond motifs is 1. The molecule has 1 heterocycles. The summed E-state index contributed by atoms with van der Waals surface area (Å²) in [6.07, 6.45) is -0.142. The normalized spacial score (nSPS) is 12.7. The van der Waals surface area contributed by atoms with E-state index in [1.54, 1.807) is 20.8 Å². The molecule has 1 amide bonds. The Kier molecular flexibility index (Phi) is 4.19. The van der Waals surface area contributed by atoms with Crippen LogP contribution < -0.4 is 5.32 Å². The number of benzene rings is 1. The van der Waals surface area contributed by atoms with Crippen molar-refractivity contribution in [3.8, 4) is 0 Å². The Morgan fingerprint density at radius 3 is 2.39 bits per heavy atom. The SMILES string of the molecule is CC(C)(O)CC(=O)Nc1nc2ccc(F)c(F)c2n1C(C)(C)C. The average molecular weight is 325 g/mol. The largest absolute Gasteiger partial charge is 0.390 e. The lowest BCUT2D eigenvalue weighted by atomic mass is 10.1. The number of nitrogens with zero attached hydrogens (tertiary/aromatic N) is 2. The molecule has 2 aromatic rings. The van der Waals surface area contributed by atoms with E-state index in [1.165, 1.54) is 24.5 Å². The first-order valence-electron chi connectivity index (χ1n) is 7.29. The van der Waals surface area contributed by atoms with Crippen molar-refractivity contribution in [3.63, 3.8) is 0 Å². The van der Waals surface area contributed by atoms with Crippen molar-refractivity contribution >= 4 is 22.9 Å². The number of rotatable bonds is 3. The Morgan fingerprint density at radius 2 is 1.87 bits per heavy atom. The van der Waals surface area contributed by atoms with Crippen LogP contribution in [0.5, 0.6) is 0 Å². The van der Waals surface area contributed by atoms with Gasteiger partial charge in [-0.15, -0.1) is 0 Å². The summed E-state index contributed by atoms with van der Waals surface area (Å²) < 4.78 is 29.2. The molecule has 0 radical (unpaired) electrons. The molecule has 5 nitrogen and oxygen atoms in total. The van der Waals surface area contributed by atoms with Gasteiger partial charge >= 0.3 is 0 Å². The van der Waals surface area contributed by atoms with Crippen molar-refractivity contribution in [2.75, 3.05) is 5.32 Å². The molecule has 1 aromatic heterocycles. The lowest BCUT2D eigenvalue weighted by Crippen LogP contribution is -2.30. The Morgan fingerprint density at radius 1 is 1.26 bits per heavy atom.